The van der Waals surface area contributed by atoms with E-state index in [1.54, 1.807) is 48.5 Å². The fraction of sp³-hybridized carbons (Fsp3) is 0.0952. The van der Waals surface area contributed by atoms with E-state index in [2.05, 4.69) is 10.0 Å². The van der Waals surface area contributed by atoms with E-state index in [-0.39, 0.29) is 17.0 Å². The van der Waals surface area contributed by atoms with E-state index in [9.17, 15) is 17.6 Å². The van der Waals surface area contributed by atoms with Crippen molar-refractivity contribution < 1.29 is 22.3 Å². The second-order valence-corrected chi connectivity index (χ2v) is 7.90. The van der Waals surface area contributed by atoms with Crippen molar-refractivity contribution in [1.29, 1.82) is 0 Å². The molecule has 6 nitrogen and oxygen atoms in total. The minimum atomic E-state index is -3.93. The maximum absolute atomic E-state index is 14.2. The predicted molar refractivity (Wildman–Crippen MR) is 108 cm³/mol. The van der Waals surface area contributed by atoms with Gasteiger partial charge in [0.15, 0.2) is 0 Å². The summed E-state index contributed by atoms with van der Waals surface area (Å²) in [5.41, 5.74) is 0.824. The first-order chi connectivity index (χ1) is 13.9. The molecule has 8 heteroatoms. The smallest absolute Gasteiger partial charge is 0.258 e. The van der Waals surface area contributed by atoms with Crippen molar-refractivity contribution in [3.63, 3.8) is 0 Å². The van der Waals surface area contributed by atoms with Gasteiger partial charge in [-0.15, -0.1) is 0 Å². The molecule has 0 aliphatic rings. The molecule has 0 heterocycles. The van der Waals surface area contributed by atoms with Crippen LogP contribution in [0.5, 0.6) is 5.75 Å². The van der Waals surface area contributed by atoms with E-state index >= 15 is 0 Å². The number of hydrogen-bond donors (Lipinski definition) is 2. The van der Waals surface area contributed by atoms with Crippen LogP contribution < -0.4 is 14.8 Å². The van der Waals surface area contributed by atoms with Gasteiger partial charge in [0.2, 0.25) is 10.0 Å². The van der Waals surface area contributed by atoms with Gasteiger partial charge in [0.25, 0.3) is 5.91 Å². The summed E-state index contributed by atoms with van der Waals surface area (Å²) < 4.78 is 46.8. The first kappa shape index (κ1) is 20.5. The maximum Gasteiger partial charge on any atom is 0.258 e. The van der Waals surface area contributed by atoms with Crippen LogP contribution in [0, 0.1) is 5.82 Å². The lowest BCUT2D eigenvalue weighted by atomic mass is 10.2. The van der Waals surface area contributed by atoms with Crippen LogP contribution in [0.4, 0.5) is 10.1 Å². The summed E-state index contributed by atoms with van der Waals surface area (Å²) in [6.45, 7) is 0.0773. The van der Waals surface area contributed by atoms with Crippen LogP contribution in [-0.2, 0) is 16.6 Å². The van der Waals surface area contributed by atoms with Gasteiger partial charge in [-0.3, -0.25) is 4.79 Å². The zero-order chi connectivity index (χ0) is 20.9. The number of halogens is 1. The highest BCUT2D eigenvalue weighted by molar-refractivity contribution is 7.89. The van der Waals surface area contributed by atoms with E-state index < -0.39 is 21.7 Å². The molecule has 3 aromatic rings. The number of sulfonamides is 1. The summed E-state index contributed by atoms with van der Waals surface area (Å²) in [6.07, 6.45) is 0. The van der Waals surface area contributed by atoms with Crippen molar-refractivity contribution >= 4 is 21.6 Å². The lowest BCUT2D eigenvalue weighted by Gasteiger charge is -2.10. The average molecular weight is 414 g/mol. The van der Waals surface area contributed by atoms with E-state index in [1.165, 1.54) is 7.11 Å². The number of carbonyl (C=O) groups is 1. The molecule has 150 valence electrons. The lowest BCUT2D eigenvalue weighted by molar-refractivity contribution is 0.102. The van der Waals surface area contributed by atoms with Gasteiger partial charge < -0.3 is 10.1 Å². The fourth-order valence-electron chi connectivity index (χ4n) is 2.58. The van der Waals surface area contributed by atoms with Crippen LogP contribution in [0.3, 0.4) is 0 Å². The van der Waals surface area contributed by atoms with E-state index in [0.29, 0.717) is 11.4 Å². The van der Waals surface area contributed by atoms with Gasteiger partial charge in [0.1, 0.15) is 11.6 Å². The van der Waals surface area contributed by atoms with E-state index in [0.717, 1.165) is 23.8 Å². The fourth-order valence-corrected chi connectivity index (χ4v) is 3.62. The Labute approximate surface area is 168 Å². The summed E-state index contributed by atoms with van der Waals surface area (Å²) in [6, 6.07) is 18.5. The molecule has 0 spiro atoms. The second-order valence-electron chi connectivity index (χ2n) is 6.13. The molecular formula is C21H19FN2O4S. The predicted octanol–water partition coefficient (Wildman–Crippen LogP) is 3.57. The number of carbonyl (C=O) groups excluding carboxylic acids is 1. The van der Waals surface area contributed by atoms with Crippen LogP contribution >= 0.6 is 0 Å². The molecule has 0 unspecified atom stereocenters. The molecule has 0 atom stereocenters. The van der Waals surface area contributed by atoms with Crippen LogP contribution in [0.15, 0.2) is 77.7 Å². The number of amides is 1. The van der Waals surface area contributed by atoms with Crippen molar-refractivity contribution in [2.24, 2.45) is 0 Å². The normalized spacial score (nSPS) is 11.1. The molecule has 0 radical (unpaired) electrons. The minimum Gasteiger partial charge on any atom is -0.497 e. The Morgan fingerprint density at radius 1 is 1.00 bits per heavy atom. The number of rotatable bonds is 7. The van der Waals surface area contributed by atoms with Crippen molar-refractivity contribution in [2.45, 2.75) is 11.4 Å². The molecule has 0 fully saturated rings. The Morgan fingerprint density at radius 2 is 1.69 bits per heavy atom. The Morgan fingerprint density at radius 3 is 2.34 bits per heavy atom. The van der Waals surface area contributed by atoms with Gasteiger partial charge in [-0.1, -0.05) is 30.3 Å². The van der Waals surface area contributed by atoms with Gasteiger partial charge >= 0.3 is 0 Å². The van der Waals surface area contributed by atoms with Crippen LogP contribution in [-0.4, -0.2) is 21.4 Å². The van der Waals surface area contributed by atoms with E-state index in [4.69, 9.17) is 4.74 Å². The second kappa shape index (κ2) is 8.85. The number of hydrogen-bond acceptors (Lipinski definition) is 4. The number of nitrogens with one attached hydrogen (secondary N) is 2. The van der Waals surface area contributed by atoms with Crippen molar-refractivity contribution in [2.75, 3.05) is 12.4 Å². The standard InChI is InChI=1S/C21H19FN2O4S/c1-28-17-9-7-16(8-10-17)24-21(25)19-13-18(11-12-20(19)22)29(26,27)23-14-15-5-3-2-4-6-15/h2-13,23H,14H2,1H3,(H,24,25). The summed E-state index contributed by atoms with van der Waals surface area (Å²) in [4.78, 5) is 12.3. The molecule has 0 saturated carbocycles. The summed E-state index contributed by atoms with van der Waals surface area (Å²) in [5.74, 6) is -0.974. The Kier molecular flexibility index (Phi) is 6.26. The third kappa shape index (κ3) is 5.18. The number of ether oxygens (including phenoxy) is 1. The molecule has 3 rings (SSSR count). The minimum absolute atomic E-state index is 0.0773. The average Bonchev–Trinajstić information content (AvgIpc) is 2.74. The molecule has 29 heavy (non-hydrogen) atoms. The largest absolute Gasteiger partial charge is 0.497 e. The first-order valence-electron chi connectivity index (χ1n) is 8.67. The van der Waals surface area contributed by atoms with Crippen LogP contribution in [0.2, 0.25) is 0 Å². The molecule has 0 bridgehead atoms. The molecule has 2 N–H and O–H groups in total. The van der Waals surface area contributed by atoms with Crippen LogP contribution in [0.1, 0.15) is 15.9 Å². The van der Waals surface area contributed by atoms with Crippen molar-refractivity contribution in [3.05, 3.63) is 89.7 Å². The Balaban J connectivity index is 1.78. The Bertz CT molecular complexity index is 1100. The molecule has 0 aromatic heterocycles. The van der Waals surface area contributed by atoms with Gasteiger partial charge in [0, 0.05) is 12.2 Å². The SMILES string of the molecule is COc1ccc(NC(=O)c2cc(S(=O)(=O)NCc3ccccc3)ccc2F)cc1. The monoisotopic (exact) mass is 414 g/mol. The quantitative estimate of drug-likeness (QED) is 0.619. The Hall–Kier alpha value is -3.23. The zero-order valence-electron chi connectivity index (χ0n) is 15.6. The zero-order valence-corrected chi connectivity index (χ0v) is 16.4. The van der Waals surface area contributed by atoms with Gasteiger partial charge in [-0.2, -0.15) is 0 Å². The molecule has 1 amide bonds. The molecule has 0 aliphatic carbocycles. The maximum atomic E-state index is 14.2. The third-order valence-corrected chi connectivity index (χ3v) is 5.55. The van der Waals surface area contributed by atoms with Gasteiger partial charge in [-0.05, 0) is 48.0 Å². The molecular weight excluding hydrogens is 395 g/mol. The summed E-state index contributed by atoms with van der Waals surface area (Å²) in [5, 5.41) is 2.54. The highest BCUT2D eigenvalue weighted by Gasteiger charge is 2.19. The molecule has 0 saturated heterocycles. The van der Waals surface area contributed by atoms with Gasteiger partial charge in [0.05, 0.1) is 17.6 Å². The highest BCUT2D eigenvalue weighted by atomic mass is 32.2. The highest BCUT2D eigenvalue weighted by Crippen LogP contribution is 2.19. The van der Waals surface area contributed by atoms with Crippen molar-refractivity contribution in [3.8, 4) is 5.75 Å². The topological polar surface area (TPSA) is 84.5 Å². The first-order valence-corrected chi connectivity index (χ1v) is 10.2. The number of anilines is 1. The van der Waals surface area contributed by atoms with E-state index in [1.807, 2.05) is 6.07 Å². The van der Waals surface area contributed by atoms with Gasteiger partial charge in [-0.25, -0.2) is 17.5 Å². The van der Waals surface area contributed by atoms with Crippen molar-refractivity contribution in [1.82, 2.24) is 4.72 Å². The number of methoxy groups -OCH3 is 1. The van der Waals surface area contributed by atoms with Crippen LogP contribution in [0.25, 0.3) is 0 Å². The summed E-state index contributed by atoms with van der Waals surface area (Å²) in [7, 11) is -2.41. The lowest BCUT2D eigenvalue weighted by Crippen LogP contribution is -2.24. The molecule has 3 aromatic carbocycles. The number of benzene rings is 3. The molecule has 0 aliphatic heterocycles. The summed E-state index contributed by atoms with van der Waals surface area (Å²) >= 11 is 0. The third-order valence-electron chi connectivity index (χ3n) is 4.15.